The summed E-state index contributed by atoms with van der Waals surface area (Å²) in [6, 6.07) is 0. The highest BCUT2D eigenvalue weighted by molar-refractivity contribution is 5.80. The summed E-state index contributed by atoms with van der Waals surface area (Å²) in [6.07, 6.45) is 8.01. The van der Waals surface area contributed by atoms with Crippen molar-refractivity contribution in [1.29, 1.82) is 0 Å². The first-order valence-corrected chi connectivity index (χ1v) is 2.56. The van der Waals surface area contributed by atoms with Gasteiger partial charge in [-0.25, -0.2) is 0 Å². The Kier molecular flexibility index (Phi) is 1.49. The zero-order chi connectivity index (χ0) is 6.69. The highest BCUT2D eigenvalue weighted by Crippen LogP contribution is 2.05. The molecule has 0 fully saturated rings. The van der Waals surface area contributed by atoms with E-state index < -0.39 is 5.97 Å². The van der Waals surface area contributed by atoms with Crippen molar-refractivity contribution >= 4 is 5.97 Å². The fourth-order valence-corrected chi connectivity index (χ4v) is 0.621. The van der Waals surface area contributed by atoms with Crippen LogP contribution in [0.25, 0.3) is 0 Å². The number of hydrogen-bond donors (Lipinski definition) is 0. The zero-order valence-electron chi connectivity index (χ0n) is 4.70. The number of allylic oxidation sites excluding steroid dienone is 5. The number of carbonyl (C=O) groups is 1. The van der Waals surface area contributed by atoms with E-state index in [2.05, 4.69) is 0 Å². The summed E-state index contributed by atoms with van der Waals surface area (Å²) in [4.78, 5) is 9.90. The maximum absolute atomic E-state index is 9.90. The maximum atomic E-state index is 9.90. The van der Waals surface area contributed by atoms with E-state index in [0.29, 0.717) is 5.57 Å². The Morgan fingerprint density at radius 3 is 2.44 bits per heavy atom. The number of hydrogen-bond acceptors (Lipinski definition) is 2. The van der Waals surface area contributed by atoms with E-state index in [0.717, 1.165) is 6.08 Å². The third-order valence-corrected chi connectivity index (χ3v) is 0.973. The van der Waals surface area contributed by atoms with Crippen LogP contribution in [0.4, 0.5) is 0 Å². The average Bonchev–Trinajstić information content (AvgIpc) is 2.15. The minimum Gasteiger partial charge on any atom is -0.545 e. The summed E-state index contributed by atoms with van der Waals surface area (Å²) in [5, 5.41) is 9.90. The lowest BCUT2D eigenvalue weighted by molar-refractivity contribution is -0.297. The molecule has 0 aliphatic heterocycles. The van der Waals surface area contributed by atoms with Crippen molar-refractivity contribution in [2.45, 2.75) is 0 Å². The third-order valence-electron chi connectivity index (χ3n) is 0.973. The van der Waals surface area contributed by atoms with E-state index in [1.54, 1.807) is 24.3 Å². The van der Waals surface area contributed by atoms with E-state index in [9.17, 15) is 9.90 Å². The van der Waals surface area contributed by atoms with Crippen LogP contribution in [0.1, 0.15) is 0 Å². The van der Waals surface area contributed by atoms with Crippen molar-refractivity contribution < 1.29 is 9.90 Å². The molecular formula is C7H5O2-. The lowest BCUT2D eigenvalue weighted by Gasteiger charge is -1.91. The monoisotopic (exact) mass is 121 g/mol. The number of carboxylic acids is 1. The minimum absolute atomic E-state index is 0.676. The number of aliphatic carboxylic acids is 1. The molecule has 9 heavy (non-hydrogen) atoms. The summed E-state index contributed by atoms with van der Waals surface area (Å²) in [5.41, 5.74) is 0.676. The average molecular weight is 121 g/mol. The van der Waals surface area contributed by atoms with Gasteiger partial charge in [-0.15, -0.1) is 0 Å². The number of carbonyl (C=O) groups excluding carboxylic acids is 1. The fraction of sp³-hybridized carbons (Fsp3) is 0. The number of rotatable bonds is 1. The van der Waals surface area contributed by atoms with Gasteiger partial charge in [0.15, 0.2) is 0 Å². The van der Waals surface area contributed by atoms with Crippen LogP contribution in [0.2, 0.25) is 0 Å². The zero-order valence-corrected chi connectivity index (χ0v) is 4.70. The van der Waals surface area contributed by atoms with Crippen molar-refractivity contribution in [3.63, 3.8) is 0 Å². The van der Waals surface area contributed by atoms with E-state index in [1.807, 2.05) is 0 Å². The Balaban J connectivity index is 2.73. The topological polar surface area (TPSA) is 40.1 Å². The molecule has 1 rings (SSSR count). The maximum Gasteiger partial charge on any atom is 0.0648 e. The standard InChI is InChI=1S/C7H6O2/c8-7(9)5-6-3-1-2-4-6/h1-5H,(H,8,9)/p-1. The van der Waals surface area contributed by atoms with Crippen LogP contribution in [-0.4, -0.2) is 5.97 Å². The second kappa shape index (κ2) is 2.31. The molecule has 0 saturated heterocycles. The third kappa shape index (κ3) is 1.57. The van der Waals surface area contributed by atoms with Crippen molar-refractivity contribution in [3.8, 4) is 0 Å². The van der Waals surface area contributed by atoms with E-state index in [1.165, 1.54) is 0 Å². The Morgan fingerprint density at radius 2 is 2.00 bits per heavy atom. The van der Waals surface area contributed by atoms with Crippen LogP contribution >= 0.6 is 0 Å². The molecule has 0 aromatic rings. The van der Waals surface area contributed by atoms with Gasteiger partial charge >= 0.3 is 0 Å². The van der Waals surface area contributed by atoms with E-state index in [-0.39, 0.29) is 0 Å². The largest absolute Gasteiger partial charge is 0.545 e. The SMILES string of the molecule is O=C([O-])C=C1C=CC=C1. The second-order valence-corrected chi connectivity index (χ2v) is 1.68. The van der Waals surface area contributed by atoms with Gasteiger partial charge in [-0.2, -0.15) is 0 Å². The molecule has 0 saturated carbocycles. The van der Waals surface area contributed by atoms with Gasteiger partial charge in [0, 0.05) is 0 Å². The molecule has 0 unspecified atom stereocenters. The van der Waals surface area contributed by atoms with Crippen LogP contribution in [-0.2, 0) is 4.79 Å². The minimum atomic E-state index is -1.15. The van der Waals surface area contributed by atoms with Gasteiger partial charge in [-0.05, 0) is 11.6 Å². The van der Waals surface area contributed by atoms with Crippen molar-refractivity contribution in [1.82, 2.24) is 0 Å². The Bertz CT molecular complexity index is 195. The first-order chi connectivity index (χ1) is 4.29. The van der Waals surface area contributed by atoms with Crippen molar-refractivity contribution in [3.05, 3.63) is 36.0 Å². The molecule has 0 amide bonds. The molecule has 2 heteroatoms. The molecule has 0 spiro atoms. The lowest BCUT2D eigenvalue weighted by atomic mass is 10.3. The van der Waals surface area contributed by atoms with E-state index >= 15 is 0 Å². The highest BCUT2D eigenvalue weighted by atomic mass is 16.4. The van der Waals surface area contributed by atoms with Crippen LogP contribution in [0.5, 0.6) is 0 Å². The predicted molar refractivity (Wildman–Crippen MR) is 31.4 cm³/mol. The smallest absolute Gasteiger partial charge is 0.0648 e. The Hall–Kier alpha value is -1.31. The molecule has 0 aromatic heterocycles. The summed E-state index contributed by atoms with van der Waals surface area (Å²) >= 11 is 0. The molecular weight excluding hydrogens is 116 g/mol. The van der Waals surface area contributed by atoms with Gasteiger partial charge in [0.25, 0.3) is 0 Å². The van der Waals surface area contributed by atoms with Gasteiger partial charge in [0.05, 0.1) is 5.97 Å². The molecule has 0 heterocycles. The Labute approximate surface area is 52.8 Å². The molecule has 0 bridgehead atoms. The molecule has 0 radical (unpaired) electrons. The van der Waals surface area contributed by atoms with Crippen molar-refractivity contribution in [2.24, 2.45) is 0 Å². The first kappa shape index (κ1) is 5.82. The van der Waals surface area contributed by atoms with Crippen molar-refractivity contribution in [2.75, 3.05) is 0 Å². The summed E-state index contributed by atoms with van der Waals surface area (Å²) in [5.74, 6) is -1.15. The molecule has 46 valence electrons. The van der Waals surface area contributed by atoms with Gasteiger partial charge in [0.1, 0.15) is 0 Å². The fourth-order valence-electron chi connectivity index (χ4n) is 0.621. The molecule has 2 nitrogen and oxygen atoms in total. The van der Waals surface area contributed by atoms with Gasteiger partial charge in [-0.1, -0.05) is 24.3 Å². The van der Waals surface area contributed by atoms with Crippen LogP contribution < -0.4 is 5.11 Å². The van der Waals surface area contributed by atoms with Crippen LogP contribution in [0.15, 0.2) is 36.0 Å². The van der Waals surface area contributed by atoms with E-state index in [4.69, 9.17) is 0 Å². The molecule has 0 atom stereocenters. The lowest BCUT2D eigenvalue weighted by Crippen LogP contribution is -2.19. The summed E-state index contributed by atoms with van der Waals surface area (Å²) in [6.45, 7) is 0. The van der Waals surface area contributed by atoms with Crippen LogP contribution in [0, 0.1) is 0 Å². The first-order valence-electron chi connectivity index (χ1n) is 2.56. The van der Waals surface area contributed by atoms with Gasteiger partial charge in [0.2, 0.25) is 0 Å². The molecule has 0 N–H and O–H groups in total. The molecule has 1 aliphatic rings. The highest BCUT2D eigenvalue weighted by Gasteiger charge is 1.88. The normalized spacial score (nSPS) is 14.4. The second-order valence-electron chi connectivity index (χ2n) is 1.68. The number of carboxylic acid groups (broad SMARTS) is 1. The quantitative estimate of drug-likeness (QED) is 0.450. The van der Waals surface area contributed by atoms with Crippen LogP contribution in [0.3, 0.4) is 0 Å². The summed E-state index contributed by atoms with van der Waals surface area (Å²) < 4.78 is 0. The van der Waals surface area contributed by atoms with Gasteiger partial charge < -0.3 is 9.90 Å². The summed E-state index contributed by atoms with van der Waals surface area (Å²) in [7, 11) is 0. The van der Waals surface area contributed by atoms with Gasteiger partial charge in [-0.3, -0.25) is 0 Å². The Morgan fingerprint density at radius 1 is 1.44 bits per heavy atom. The molecule has 1 aliphatic carbocycles. The molecule has 0 aromatic carbocycles. The predicted octanol–water partition coefficient (Wildman–Crippen LogP) is -0.211.